The summed E-state index contributed by atoms with van der Waals surface area (Å²) in [4.78, 5) is 4.38. The van der Waals surface area contributed by atoms with Crippen molar-refractivity contribution in [3.8, 4) is 0 Å². The first kappa shape index (κ1) is 10.1. The normalized spacial score (nSPS) is 24.6. The lowest BCUT2D eigenvalue weighted by Crippen LogP contribution is -2.30. The molecule has 0 bridgehead atoms. The van der Waals surface area contributed by atoms with Crippen LogP contribution in [0.1, 0.15) is 23.3 Å². The molecule has 2 aromatic rings. The fraction of sp³-hybridized carbons (Fsp3) is 0.467. The average Bonchev–Trinajstić information content (AvgIpc) is 2.89. The molecule has 17 heavy (non-hydrogen) atoms. The molecule has 0 amide bonds. The average molecular weight is 243 g/mol. The topological polar surface area (TPSA) is 3.24 Å². The van der Waals surface area contributed by atoms with Gasteiger partial charge in [0.25, 0.3) is 0 Å². The molecule has 1 fully saturated rings. The lowest BCUT2D eigenvalue weighted by molar-refractivity contribution is 0.264. The third kappa shape index (κ3) is 1.54. The zero-order valence-corrected chi connectivity index (χ0v) is 10.8. The monoisotopic (exact) mass is 243 g/mol. The Balaban J connectivity index is 1.83. The van der Waals surface area contributed by atoms with Crippen LogP contribution < -0.4 is 0 Å². The van der Waals surface area contributed by atoms with Crippen LogP contribution in [0, 0.1) is 0 Å². The summed E-state index contributed by atoms with van der Waals surface area (Å²) in [6.45, 7) is 2.61. The second-order valence-electron chi connectivity index (χ2n) is 5.29. The SMILES string of the molecule is c1ccc2c3c(sc2c1)CC1CCCN1CC3. The molecule has 0 saturated carbocycles. The molecule has 88 valence electrons. The van der Waals surface area contributed by atoms with Crippen LogP contribution >= 0.6 is 11.3 Å². The molecule has 4 rings (SSSR count). The first-order valence-electron chi connectivity index (χ1n) is 6.65. The van der Waals surface area contributed by atoms with Crippen molar-refractivity contribution in [2.45, 2.75) is 31.7 Å². The van der Waals surface area contributed by atoms with E-state index in [2.05, 4.69) is 29.2 Å². The van der Waals surface area contributed by atoms with Gasteiger partial charge in [-0.15, -0.1) is 11.3 Å². The van der Waals surface area contributed by atoms with Crippen molar-refractivity contribution >= 4 is 21.4 Å². The molecule has 2 heteroatoms. The fourth-order valence-corrected chi connectivity index (χ4v) is 4.80. The minimum atomic E-state index is 0.837. The maximum Gasteiger partial charge on any atom is 0.0348 e. The summed E-state index contributed by atoms with van der Waals surface area (Å²) in [5, 5.41) is 1.52. The van der Waals surface area contributed by atoms with E-state index in [4.69, 9.17) is 0 Å². The van der Waals surface area contributed by atoms with Crippen LogP contribution in [0.3, 0.4) is 0 Å². The van der Waals surface area contributed by atoms with Crippen molar-refractivity contribution in [3.63, 3.8) is 0 Å². The number of hydrogen-bond donors (Lipinski definition) is 0. The molecule has 1 aromatic carbocycles. The highest BCUT2D eigenvalue weighted by Crippen LogP contribution is 2.36. The quantitative estimate of drug-likeness (QED) is 0.685. The standard InChI is InChI=1S/C15H17NS/c1-2-6-14-12(5-1)13-7-9-16-8-3-4-11(16)10-15(13)17-14/h1-2,5-6,11H,3-4,7-10H2. The summed E-state index contributed by atoms with van der Waals surface area (Å²) in [5.74, 6) is 0. The van der Waals surface area contributed by atoms with Crippen molar-refractivity contribution in [1.29, 1.82) is 0 Å². The van der Waals surface area contributed by atoms with Gasteiger partial charge < -0.3 is 0 Å². The number of nitrogens with zero attached hydrogens (tertiary/aromatic N) is 1. The lowest BCUT2D eigenvalue weighted by atomic mass is 10.0. The number of hydrogen-bond acceptors (Lipinski definition) is 2. The zero-order chi connectivity index (χ0) is 11.2. The first-order valence-corrected chi connectivity index (χ1v) is 7.47. The van der Waals surface area contributed by atoms with Crippen LogP contribution in [-0.4, -0.2) is 24.0 Å². The predicted molar refractivity (Wildman–Crippen MR) is 73.8 cm³/mol. The van der Waals surface area contributed by atoms with Gasteiger partial charge in [-0.3, -0.25) is 4.90 Å². The molecule has 0 spiro atoms. The highest BCUT2D eigenvalue weighted by Gasteiger charge is 2.29. The van der Waals surface area contributed by atoms with Gasteiger partial charge in [-0.05, 0) is 49.2 Å². The molecule has 2 aliphatic heterocycles. The second kappa shape index (κ2) is 3.82. The maximum absolute atomic E-state index is 2.71. The van der Waals surface area contributed by atoms with E-state index in [9.17, 15) is 0 Å². The highest BCUT2D eigenvalue weighted by atomic mass is 32.1. The Kier molecular flexibility index (Phi) is 2.27. The van der Waals surface area contributed by atoms with Gasteiger partial charge in [-0.25, -0.2) is 0 Å². The van der Waals surface area contributed by atoms with Gasteiger partial charge in [0, 0.05) is 22.2 Å². The maximum atomic E-state index is 2.71. The van der Waals surface area contributed by atoms with Crippen molar-refractivity contribution in [1.82, 2.24) is 4.90 Å². The number of thiophene rings is 1. The third-order valence-electron chi connectivity index (χ3n) is 4.35. The minimum absolute atomic E-state index is 0.837. The smallest absolute Gasteiger partial charge is 0.0348 e. The molecule has 0 aliphatic carbocycles. The van der Waals surface area contributed by atoms with Crippen molar-refractivity contribution in [2.75, 3.05) is 13.1 Å². The first-order chi connectivity index (χ1) is 8.42. The zero-order valence-electron chi connectivity index (χ0n) is 9.98. The summed E-state index contributed by atoms with van der Waals surface area (Å²) in [5.41, 5.74) is 1.65. The van der Waals surface area contributed by atoms with Gasteiger partial charge in [0.2, 0.25) is 0 Å². The Morgan fingerprint density at radius 1 is 1.18 bits per heavy atom. The Morgan fingerprint density at radius 3 is 3.12 bits per heavy atom. The molecule has 3 heterocycles. The Labute approximate surface area is 106 Å². The number of benzene rings is 1. The number of fused-ring (bicyclic) bond motifs is 4. The van der Waals surface area contributed by atoms with E-state index in [1.54, 1.807) is 10.4 Å². The van der Waals surface area contributed by atoms with E-state index in [0.717, 1.165) is 6.04 Å². The van der Waals surface area contributed by atoms with E-state index in [1.165, 1.54) is 48.9 Å². The Hall–Kier alpha value is -0.860. The van der Waals surface area contributed by atoms with Crippen LogP contribution in [0.25, 0.3) is 10.1 Å². The molecule has 2 aliphatic rings. The van der Waals surface area contributed by atoms with Gasteiger partial charge in [-0.1, -0.05) is 18.2 Å². The summed E-state index contributed by atoms with van der Waals surface area (Å²) in [6, 6.07) is 9.77. The molecule has 1 aromatic heterocycles. The van der Waals surface area contributed by atoms with Crippen molar-refractivity contribution in [3.05, 3.63) is 34.7 Å². The summed E-state index contributed by atoms with van der Waals surface area (Å²) >= 11 is 2.04. The molecule has 1 nitrogen and oxygen atoms in total. The summed E-state index contributed by atoms with van der Waals surface area (Å²) in [7, 11) is 0. The molecular weight excluding hydrogens is 226 g/mol. The van der Waals surface area contributed by atoms with Gasteiger partial charge in [0.1, 0.15) is 0 Å². The van der Waals surface area contributed by atoms with Crippen molar-refractivity contribution in [2.24, 2.45) is 0 Å². The predicted octanol–water partition coefficient (Wildman–Crippen LogP) is 3.46. The molecule has 1 saturated heterocycles. The number of rotatable bonds is 0. The largest absolute Gasteiger partial charge is 0.300 e. The fourth-order valence-electron chi connectivity index (χ4n) is 3.48. The molecule has 1 unspecified atom stereocenters. The summed E-state index contributed by atoms with van der Waals surface area (Å²) in [6.07, 6.45) is 5.38. The van der Waals surface area contributed by atoms with Crippen LogP contribution in [0.5, 0.6) is 0 Å². The van der Waals surface area contributed by atoms with Crippen LogP contribution in [0.2, 0.25) is 0 Å². The minimum Gasteiger partial charge on any atom is -0.300 e. The lowest BCUT2D eigenvalue weighted by Gasteiger charge is -2.20. The van der Waals surface area contributed by atoms with Crippen LogP contribution in [0.4, 0.5) is 0 Å². The molecule has 0 radical (unpaired) electrons. The van der Waals surface area contributed by atoms with Crippen LogP contribution in [0.15, 0.2) is 24.3 Å². The van der Waals surface area contributed by atoms with E-state index in [1.807, 2.05) is 11.3 Å². The molecule has 1 atom stereocenters. The Bertz CT molecular complexity index is 557. The van der Waals surface area contributed by atoms with E-state index in [-0.39, 0.29) is 0 Å². The Morgan fingerprint density at radius 2 is 2.12 bits per heavy atom. The highest BCUT2D eigenvalue weighted by molar-refractivity contribution is 7.19. The van der Waals surface area contributed by atoms with Crippen molar-refractivity contribution < 1.29 is 0 Å². The van der Waals surface area contributed by atoms with Gasteiger partial charge in [0.05, 0.1) is 0 Å². The molecule has 0 N–H and O–H groups in total. The van der Waals surface area contributed by atoms with Gasteiger partial charge in [-0.2, -0.15) is 0 Å². The summed E-state index contributed by atoms with van der Waals surface area (Å²) < 4.78 is 1.49. The van der Waals surface area contributed by atoms with E-state index < -0.39 is 0 Å². The van der Waals surface area contributed by atoms with Gasteiger partial charge in [0.15, 0.2) is 0 Å². The third-order valence-corrected chi connectivity index (χ3v) is 5.59. The second-order valence-corrected chi connectivity index (χ2v) is 6.42. The van der Waals surface area contributed by atoms with E-state index in [0.29, 0.717) is 0 Å². The van der Waals surface area contributed by atoms with Crippen LogP contribution in [-0.2, 0) is 12.8 Å². The van der Waals surface area contributed by atoms with Gasteiger partial charge >= 0.3 is 0 Å². The molecular formula is C15H17NS. The van der Waals surface area contributed by atoms with E-state index >= 15 is 0 Å².